The molecule has 0 bridgehead atoms. The smallest absolute Gasteiger partial charge is 0.306 e. The first-order valence-corrected chi connectivity index (χ1v) is 6.73. The Morgan fingerprint density at radius 1 is 1.28 bits per heavy atom. The van der Waals surface area contributed by atoms with Gasteiger partial charge in [0.2, 0.25) is 5.91 Å². The first-order valence-electron chi connectivity index (χ1n) is 6.73. The first kappa shape index (κ1) is 15.0. The third-order valence-corrected chi connectivity index (χ3v) is 3.27. The summed E-state index contributed by atoms with van der Waals surface area (Å²) in [5.74, 6) is -1.25. The van der Waals surface area contributed by atoms with Crippen LogP contribution in [0.5, 0.6) is 0 Å². The van der Waals surface area contributed by atoms with Gasteiger partial charge in [0.25, 0.3) is 0 Å². The fourth-order valence-electron chi connectivity index (χ4n) is 2.22. The summed E-state index contributed by atoms with van der Waals surface area (Å²) < 4.78 is 5.31. The monoisotopic (exact) mass is 257 g/mol. The number of carbonyl (C=O) groups excluding carboxylic acids is 1. The van der Waals surface area contributed by atoms with Crippen LogP contribution in [0.3, 0.4) is 0 Å². The molecule has 1 rings (SSSR count). The first-order chi connectivity index (χ1) is 8.65. The highest BCUT2D eigenvalue weighted by molar-refractivity contribution is 5.80. The number of amides is 1. The number of rotatable bonds is 8. The van der Waals surface area contributed by atoms with Gasteiger partial charge in [-0.15, -0.1) is 0 Å². The van der Waals surface area contributed by atoms with Crippen LogP contribution in [-0.4, -0.2) is 36.7 Å². The predicted octanol–water partition coefficient (Wildman–Crippen LogP) is 1.42. The zero-order chi connectivity index (χ0) is 13.4. The van der Waals surface area contributed by atoms with E-state index in [4.69, 9.17) is 9.84 Å². The van der Waals surface area contributed by atoms with Gasteiger partial charge in [-0.2, -0.15) is 0 Å². The number of nitrogens with one attached hydrogen (secondary N) is 1. The molecule has 1 saturated carbocycles. The van der Waals surface area contributed by atoms with Crippen molar-refractivity contribution in [1.82, 2.24) is 5.32 Å². The van der Waals surface area contributed by atoms with Gasteiger partial charge in [0.05, 0.1) is 5.92 Å². The fourth-order valence-corrected chi connectivity index (χ4v) is 2.22. The van der Waals surface area contributed by atoms with Crippen LogP contribution in [0.15, 0.2) is 0 Å². The molecule has 5 heteroatoms. The van der Waals surface area contributed by atoms with Crippen LogP contribution >= 0.6 is 0 Å². The summed E-state index contributed by atoms with van der Waals surface area (Å²) in [6.07, 6.45) is 3.60. The summed E-state index contributed by atoms with van der Waals surface area (Å²) in [7, 11) is 0. The van der Waals surface area contributed by atoms with Crippen LogP contribution in [-0.2, 0) is 14.3 Å². The predicted molar refractivity (Wildman–Crippen MR) is 67.2 cm³/mol. The van der Waals surface area contributed by atoms with Crippen LogP contribution in [0, 0.1) is 11.8 Å². The van der Waals surface area contributed by atoms with Crippen molar-refractivity contribution in [2.45, 2.75) is 39.0 Å². The van der Waals surface area contributed by atoms with E-state index in [1.807, 2.05) is 0 Å². The molecule has 1 aliphatic rings. The molecular formula is C13H23NO4. The second-order valence-electron chi connectivity index (χ2n) is 4.80. The second-order valence-corrected chi connectivity index (χ2v) is 4.80. The molecule has 0 aromatic rings. The molecule has 0 heterocycles. The average molecular weight is 257 g/mol. The van der Waals surface area contributed by atoms with E-state index < -0.39 is 5.97 Å². The summed E-state index contributed by atoms with van der Waals surface area (Å²) in [4.78, 5) is 22.5. The van der Waals surface area contributed by atoms with E-state index in [9.17, 15) is 9.59 Å². The fraction of sp³-hybridized carbons (Fsp3) is 0.846. The maximum atomic E-state index is 11.8. The van der Waals surface area contributed by atoms with Crippen molar-refractivity contribution in [2.24, 2.45) is 11.8 Å². The summed E-state index contributed by atoms with van der Waals surface area (Å²) >= 11 is 0. The molecule has 1 amide bonds. The van der Waals surface area contributed by atoms with Gasteiger partial charge >= 0.3 is 5.97 Å². The Morgan fingerprint density at radius 3 is 2.61 bits per heavy atom. The zero-order valence-electron chi connectivity index (χ0n) is 11.0. The topological polar surface area (TPSA) is 75.6 Å². The Hall–Kier alpha value is -1.10. The largest absolute Gasteiger partial charge is 0.481 e. The average Bonchev–Trinajstić information content (AvgIpc) is 2.83. The highest BCUT2D eigenvalue weighted by Gasteiger charge is 2.33. The van der Waals surface area contributed by atoms with E-state index in [1.54, 1.807) is 0 Å². The van der Waals surface area contributed by atoms with E-state index in [0.29, 0.717) is 32.4 Å². The molecule has 0 aromatic heterocycles. The van der Waals surface area contributed by atoms with Crippen molar-refractivity contribution < 1.29 is 19.4 Å². The molecule has 0 saturated heterocycles. The van der Waals surface area contributed by atoms with E-state index in [1.165, 1.54) is 0 Å². The van der Waals surface area contributed by atoms with Crippen molar-refractivity contribution in [1.29, 1.82) is 0 Å². The highest BCUT2D eigenvalue weighted by Crippen LogP contribution is 2.30. The zero-order valence-corrected chi connectivity index (χ0v) is 11.0. The molecule has 2 unspecified atom stereocenters. The minimum atomic E-state index is -0.779. The van der Waals surface area contributed by atoms with Crippen LogP contribution in [0.1, 0.15) is 39.0 Å². The number of aliphatic carboxylic acids is 1. The lowest BCUT2D eigenvalue weighted by Crippen LogP contribution is -2.31. The number of carboxylic acids is 1. The van der Waals surface area contributed by atoms with Gasteiger partial charge in [0, 0.05) is 25.7 Å². The van der Waals surface area contributed by atoms with E-state index in [-0.39, 0.29) is 17.7 Å². The quantitative estimate of drug-likeness (QED) is 0.645. The van der Waals surface area contributed by atoms with Gasteiger partial charge in [-0.25, -0.2) is 0 Å². The van der Waals surface area contributed by atoms with Crippen molar-refractivity contribution in [3.05, 3.63) is 0 Å². The molecule has 0 radical (unpaired) electrons. The Balaban J connectivity index is 2.09. The Morgan fingerprint density at radius 2 is 2.00 bits per heavy atom. The normalized spacial score (nSPS) is 22.9. The molecule has 104 valence electrons. The number of hydrogen-bond acceptors (Lipinski definition) is 3. The van der Waals surface area contributed by atoms with Gasteiger partial charge in [-0.3, -0.25) is 9.59 Å². The number of carbonyl (C=O) groups is 2. The third kappa shape index (κ3) is 5.04. The Bertz CT molecular complexity index is 280. The van der Waals surface area contributed by atoms with E-state index in [0.717, 1.165) is 19.4 Å². The van der Waals surface area contributed by atoms with Crippen molar-refractivity contribution in [3.8, 4) is 0 Å². The second kappa shape index (κ2) is 8.08. The maximum absolute atomic E-state index is 11.8. The number of carboxylic acid groups (broad SMARTS) is 1. The summed E-state index contributed by atoms with van der Waals surface area (Å²) in [5.41, 5.74) is 0. The van der Waals surface area contributed by atoms with Crippen LogP contribution in [0.25, 0.3) is 0 Å². The van der Waals surface area contributed by atoms with Gasteiger partial charge in [-0.05, 0) is 32.1 Å². The van der Waals surface area contributed by atoms with Gasteiger partial charge in [0.15, 0.2) is 0 Å². The lowest BCUT2D eigenvalue weighted by atomic mass is 10.0. The van der Waals surface area contributed by atoms with Crippen molar-refractivity contribution in [3.63, 3.8) is 0 Å². The molecule has 2 N–H and O–H groups in total. The van der Waals surface area contributed by atoms with Gasteiger partial charge in [-0.1, -0.05) is 6.92 Å². The van der Waals surface area contributed by atoms with Crippen LogP contribution < -0.4 is 5.32 Å². The molecule has 18 heavy (non-hydrogen) atoms. The molecular weight excluding hydrogens is 234 g/mol. The van der Waals surface area contributed by atoms with Gasteiger partial charge in [0.1, 0.15) is 0 Å². The van der Waals surface area contributed by atoms with Crippen molar-refractivity contribution in [2.75, 3.05) is 19.8 Å². The molecule has 1 fully saturated rings. The standard InChI is InChI=1S/C13H23NO4/c1-2-7-18-8-3-6-14-12(15)10-4-5-11(9-10)13(16)17/h10-11H,2-9H2,1H3,(H,14,15)(H,16,17). The number of ether oxygens (including phenoxy) is 1. The lowest BCUT2D eigenvalue weighted by molar-refractivity contribution is -0.141. The molecule has 0 spiro atoms. The van der Waals surface area contributed by atoms with Crippen LogP contribution in [0.2, 0.25) is 0 Å². The number of hydrogen-bond donors (Lipinski definition) is 2. The molecule has 5 nitrogen and oxygen atoms in total. The van der Waals surface area contributed by atoms with Crippen LogP contribution in [0.4, 0.5) is 0 Å². The minimum Gasteiger partial charge on any atom is -0.481 e. The minimum absolute atomic E-state index is 0.00533. The van der Waals surface area contributed by atoms with E-state index >= 15 is 0 Å². The summed E-state index contributed by atoms with van der Waals surface area (Å²) in [5, 5.41) is 11.7. The Kier molecular flexibility index (Phi) is 6.72. The van der Waals surface area contributed by atoms with Crippen molar-refractivity contribution >= 4 is 11.9 Å². The molecule has 0 aliphatic heterocycles. The molecule has 1 aliphatic carbocycles. The van der Waals surface area contributed by atoms with E-state index in [2.05, 4.69) is 12.2 Å². The molecule has 0 aromatic carbocycles. The maximum Gasteiger partial charge on any atom is 0.306 e. The summed E-state index contributed by atoms with van der Waals surface area (Å²) in [6, 6.07) is 0. The summed E-state index contributed by atoms with van der Waals surface area (Å²) in [6.45, 7) is 4.09. The third-order valence-electron chi connectivity index (χ3n) is 3.27. The Labute approximate surface area is 108 Å². The van der Waals surface area contributed by atoms with Gasteiger partial charge < -0.3 is 15.2 Å². The highest BCUT2D eigenvalue weighted by atomic mass is 16.5. The SMILES string of the molecule is CCCOCCCNC(=O)C1CCC(C(=O)O)C1. The lowest BCUT2D eigenvalue weighted by Gasteiger charge is -2.10. The molecule has 2 atom stereocenters.